The Morgan fingerprint density at radius 2 is 1.16 bits per heavy atom. The molecule has 0 aliphatic carbocycles. The fourth-order valence-corrected chi connectivity index (χ4v) is 9.85. The molecule has 0 saturated heterocycles. The smallest absolute Gasteiger partial charge is 0.356 e. The molecule has 0 unspecified atom stereocenters. The van der Waals surface area contributed by atoms with E-state index < -0.39 is 17.7 Å². The summed E-state index contributed by atoms with van der Waals surface area (Å²) in [5, 5.41) is 39.7. The fourth-order valence-electron chi connectivity index (χ4n) is 8.75. The Morgan fingerprint density at radius 1 is 0.622 bits per heavy atom. The molecule has 0 bridgehead atoms. The van der Waals surface area contributed by atoms with Crippen LogP contribution in [-0.4, -0.2) is 157 Å². The quantitative estimate of drug-likeness (QED) is 0.00956. The third kappa shape index (κ3) is 23.8. The van der Waals surface area contributed by atoms with Gasteiger partial charge in [0, 0.05) is 102 Å². The summed E-state index contributed by atoms with van der Waals surface area (Å²) >= 11 is 1.81. The van der Waals surface area contributed by atoms with E-state index in [1.807, 2.05) is 11.8 Å². The second-order valence-electron chi connectivity index (χ2n) is 19.8. The van der Waals surface area contributed by atoms with Crippen molar-refractivity contribution in [3.8, 4) is 0 Å². The number of carbonyl (C=O) groups excluding carboxylic acids is 6. The number of aromatic nitrogens is 1. The van der Waals surface area contributed by atoms with E-state index in [2.05, 4.69) is 108 Å². The number of hydrogen-bond donors (Lipinski definition) is 5. The van der Waals surface area contributed by atoms with E-state index in [0.29, 0.717) is 92.5 Å². The average Bonchev–Trinajstić information content (AvgIpc) is 3.69. The molecule has 5 amide bonds. The first kappa shape index (κ1) is 63.5. The van der Waals surface area contributed by atoms with Gasteiger partial charge in [-0.15, -0.1) is 0 Å². The van der Waals surface area contributed by atoms with Crippen molar-refractivity contribution in [2.45, 2.75) is 147 Å². The molecule has 1 aromatic heterocycles. The van der Waals surface area contributed by atoms with Gasteiger partial charge < -0.3 is 20.0 Å². The number of anilines is 1. The number of carbonyl (C=O) groups is 6. The molecule has 402 valence electrons. The normalized spacial score (nSPS) is 12.6. The molecule has 1 aliphatic heterocycles. The predicted octanol–water partition coefficient (Wildman–Crippen LogP) is 7.64. The van der Waals surface area contributed by atoms with Crippen LogP contribution in [0, 0.1) is 0 Å². The summed E-state index contributed by atoms with van der Waals surface area (Å²) in [5.41, 5.74) is 3.71. The van der Waals surface area contributed by atoms with Crippen molar-refractivity contribution in [2.75, 3.05) is 71.9 Å². The molecule has 2 heterocycles. The Labute approximate surface area is 456 Å². The number of fused-ring (bicyclic) bond motifs is 2. The topological polar surface area (TPSA) is 204 Å². The van der Waals surface area contributed by atoms with Crippen molar-refractivity contribution in [1.82, 2.24) is 25.8 Å². The number of para-hydroxylation sites is 2. The number of Topliss-reactive ketones (excluding diaryl/α,β-unsaturated/α-hetero) is 1. The van der Waals surface area contributed by atoms with Gasteiger partial charge >= 0.3 is 19.8 Å². The van der Waals surface area contributed by atoms with Gasteiger partial charge in [-0.2, -0.15) is 4.57 Å². The number of ketones is 1. The van der Waals surface area contributed by atoms with E-state index in [1.54, 1.807) is 0 Å². The van der Waals surface area contributed by atoms with Crippen LogP contribution in [0.3, 0.4) is 0 Å². The summed E-state index contributed by atoms with van der Waals surface area (Å²) < 4.78 is 3.31. The van der Waals surface area contributed by atoms with Crippen molar-refractivity contribution in [3.63, 3.8) is 0 Å². The maximum atomic E-state index is 12.5. The van der Waals surface area contributed by atoms with E-state index in [4.69, 9.17) is 0 Å². The maximum Gasteiger partial charge on any atom is 3.00 e. The first-order valence-corrected chi connectivity index (χ1v) is 27.3. The molecule has 0 spiro atoms. The van der Waals surface area contributed by atoms with Crippen molar-refractivity contribution in [3.05, 3.63) is 71.4 Å². The van der Waals surface area contributed by atoms with Crippen molar-refractivity contribution >= 4 is 89.5 Å². The van der Waals surface area contributed by atoms with Crippen LogP contribution < -0.4 is 20.1 Å². The first-order chi connectivity index (χ1) is 35.0. The molecule has 0 radical (unpaired) electrons. The standard InChI is InChI=1S/C55H82N8O9S.Ga/c1-44(64)60(70)37-19-8-16-35-57-52(67)30-32-54(69)62(72)38-18-6-5-10-23-46(65)29-31-53(68)61(71)39-20-9-17-34-56-51(66)28-11-7-21-41-63(3,4)42-22-36-59-40-33-45(47-24-12-13-25-48(47)59)43-55-58(2)49-26-14-15-27-50(49)73-55;/h12-15,24-27,33,40,43,70-72H,5-11,16-23,28-32,34-39,41-42H2,1-4H3;/q;+3/p+2/i;1-2. The first-order valence-electron chi connectivity index (χ1n) is 26.5. The van der Waals surface area contributed by atoms with Gasteiger partial charge in [0.25, 0.3) is 0 Å². The minimum atomic E-state index is -0.543. The van der Waals surface area contributed by atoms with E-state index in [9.17, 15) is 44.4 Å². The van der Waals surface area contributed by atoms with Gasteiger partial charge in [0.05, 0.1) is 49.7 Å². The molecule has 1 aliphatic rings. The number of pyridine rings is 1. The van der Waals surface area contributed by atoms with Crippen LogP contribution >= 0.6 is 11.8 Å². The molecule has 4 rings (SSSR count). The summed E-state index contributed by atoms with van der Waals surface area (Å²) in [6, 6.07) is 19.4. The summed E-state index contributed by atoms with van der Waals surface area (Å²) in [4.78, 5) is 75.9. The van der Waals surface area contributed by atoms with Crippen molar-refractivity contribution in [2.24, 2.45) is 0 Å². The van der Waals surface area contributed by atoms with Gasteiger partial charge in [0.2, 0.25) is 35.1 Å². The SMILES string of the molecule is CC(=O)N(O)CCCCCNC(=O)CCC(=O)N(O)CCCCCCC(=O)CCC(=O)N(O)CCCCCNC(=O)CCCCC[N+](C)(C)CCC[n+]1ccc(/C=C2\Sc3ccccc3N2C)c2ccccc21.[68Ga+3]. The molecule has 0 atom stereocenters. The third-order valence-electron chi connectivity index (χ3n) is 13.3. The van der Waals surface area contributed by atoms with Gasteiger partial charge in [-0.25, -0.2) is 15.2 Å². The number of hydrogen-bond acceptors (Lipinski definition) is 11. The van der Waals surface area contributed by atoms with Crippen molar-refractivity contribution < 1.29 is 53.4 Å². The van der Waals surface area contributed by atoms with Gasteiger partial charge in [-0.3, -0.25) is 44.4 Å². The van der Waals surface area contributed by atoms with Crippen LogP contribution in [0.2, 0.25) is 0 Å². The zero-order valence-corrected chi connectivity index (χ0v) is 47.8. The monoisotopic (exact) mass is 1100 g/mol. The summed E-state index contributed by atoms with van der Waals surface area (Å²) in [6.45, 7) is 5.82. The second-order valence-corrected chi connectivity index (χ2v) is 20.9. The number of aryl methyl sites for hydroxylation is 1. The molecule has 17 nitrogen and oxygen atoms in total. The summed E-state index contributed by atoms with van der Waals surface area (Å²) in [5.74, 6) is -1.77. The van der Waals surface area contributed by atoms with E-state index in [1.165, 1.54) is 39.0 Å². The second kappa shape index (κ2) is 34.7. The average molecular weight is 1100 g/mol. The minimum Gasteiger partial charge on any atom is -0.356 e. The zero-order valence-electron chi connectivity index (χ0n) is 44.6. The molecule has 3 aromatic rings. The third-order valence-corrected chi connectivity index (χ3v) is 14.4. The summed E-state index contributed by atoms with van der Waals surface area (Å²) in [6.07, 6.45) is 15.7. The Balaban J connectivity index is 0.0000144. The number of rotatable bonds is 36. The molecule has 0 fully saturated rings. The largest absolute Gasteiger partial charge is 3.00 e. The van der Waals surface area contributed by atoms with Gasteiger partial charge in [-0.05, 0) is 100 Å². The number of quaternary nitrogens is 1. The molecule has 0 saturated carbocycles. The zero-order chi connectivity index (χ0) is 53.0. The number of unbranched alkanes of at least 4 members (excludes halogenated alkanes) is 9. The van der Waals surface area contributed by atoms with Crippen LogP contribution in [0.15, 0.2) is 70.7 Å². The molecule has 5 N–H and O–H groups in total. The van der Waals surface area contributed by atoms with E-state index in [-0.39, 0.29) is 82.7 Å². The molecule has 19 heteroatoms. The number of nitrogens with zero attached hydrogens (tertiary/aromatic N) is 6. The molecule has 2 aromatic carbocycles. The van der Waals surface area contributed by atoms with Crippen LogP contribution in [-0.2, 0) is 35.3 Å². The summed E-state index contributed by atoms with van der Waals surface area (Å²) in [7, 11) is 6.71. The van der Waals surface area contributed by atoms with Crippen LogP contribution in [0.4, 0.5) is 5.69 Å². The minimum absolute atomic E-state index is 0. The fraction of sp³-hybridized carbons (Fsp3) is 0.582. The van der Waals surface area contributed by atoms with Gasteiger partial charge in [0.1, 0.15) is 5.78 Å². The van der Waals surface area contributed by atoms with Crippen LogP contribution in [0.5, 0.6) is 0 Å². The van der Waals surface area contributed by atoms with Gasteiger partial charge in [-0.1, -0.05) is 48.9 Å². The number of hydroxylamine groups is 6. The number of nitrogens with one attached hydrogen (secondary N) is 2. The Bertz CT molecular complexity index is 2280. The molecular formula is C55H84GaN8O9S+5. The predicted molar refractivity (Wildman–Crippen MR) is 290 cm³/mol. The van der Waals surface area contributed by atoms with E-state index >= 15 is 0 Å². The Morgan fingerprint density at radius 3 is 1.82 bits per heavy atom. The molecule has 74 heavy (non-hydrogen) atoms. The number of benzene rings is 2. The number of amides is 5. The Hall–Kier alpha value is -4.76. The van der Waals surface area contributed by atoms with Gasteiger partial charge in [0.15, 0.2) is 12.7 Å². The van der Waals surface area contributed by atoms with E-state index in [0.717, 1.165) is 62.6 Å². The van der Waals surface area contributed by atoms with Crippen molar-refractivity contribution in [1.29, 1.82) is 0 Å². The van der Waals surface area contributed by atoms with Crippen LogP contribution in [0.25, 0.3) is 17.0 Å². The Kier molecular flexibility index (Phi) is 29.8. The maximum absolute atomic E-state index is 12.5. The molecular weight excluding hydrogens is 1020 g/mol. The van der Waals surface area contributed by atoms with Crippen LogP contribution in [0.1, 0.15) is 141 Å². The number of thioether (sulfide) groups is 1.